The van der Waals surface area contributed by atoms with Crippen molar-refractivity contribution in [1.82, 2.24) is 0 Å². The van der Waals surface area contributed by atoms with E-state index in [1.54, 1.807) is 102 Å². The van der Waals surface area contributed by atoms with Gasteiger partial charge < -0.3 is 52.1 Å². The maximum atomic E-state index is 11.7. The first kappa shape index (κ1) is 57.3. The summed E-state index contributed by atoms with van der Waals surface area (Å²) in [5.74, 6) is 2.93. The third-order valence-corrected chi connectivity index (χ3v) is 9.63. The molecule has 15 heteroatoms. The first-order valence-corrected chi connectivity index (χ1v) is 22.6. The summed E-state index contributed by atoms with van der Waals surface area (Å²) in [6.45, 7) is 28.1. The number of carbonyl (C=O) groups excluding carboxylic acids is 4. The van der Waals surface area contributed by atoms with Crippen molar-refractivity contribution in [2.75, 3.05) is 53.9 Å². The highest BCUT2D eigenvalue weighted by atomic mass is 16.8. The maximum Gasteiger partial charge on any atom is 0.519 e. The molecule has 2 aromatic carbocycles. The molecular weight excluding hydrogens is 865 g/mol. The van der Waals surface area contributed by atoms with Gasteiger partial charge in [0.05, 0.1) is 50.8 Å². The van der Waals surface area contributed by atoms with Crippen molar-refractivity contribution in [2.45, 2.75) is 116 Å². The van der Waals surface area contributed by atoms with Gasteiger partial charge in [0.1, 0.15) is 24.4 Å². The summed E-state index contributed by atoms with van der Waals surface area (Å²) in [6, 6.07) is 10.2. The van der Waals surface area contributed by atoms with E-state index >= 15 is 0 Å². The summed E-state index contributed by atoms with van der Waals surface area (Å²) in [4.78, 5) is 45.4. The number of ether oxygens (including phenoxy) is 11. The summed E-state index contributed by atoms with van der Waals surface area (Å²) in [5.41, 5.74) is -0.520. The second kappa shape index (κ2) is 30.5. The SMILES string of the molecule is C=CCOCCCC1CC(Oc2ccc(C(=O)OC)cc2OCC=C)C1.C=CCOCCCC1CC(Oc2ccc(C(=O)OC)cc2OCC=C)C1.CC(C)(C)OC(=O)OC(=O)OC(C)(C)C. The van der Waals surface area contributed by atoms with Crippen LogP contribution in [0.1, 0.15) is 114 Å². The van der Waals surface area contributed by atoms with Crippen LogP contribution in [0, 0.1) is 11.8 Å². The van der Waals surface area contributed by atoms with Crippen LogP contribution in [-0.2, 0) is 33.2 Å². The minimum absolute atomic E-state index is 0.184. The van der Waals surface area contributed by atoms with Gasteiger partial charge in [0.25, 0.3) is 0 Å². The molecule has 67 heavy (non-hydrogen) atoms. The Kier molecular flexibility index (Phi) is 26.1. The fourth-order valence-corrected chi connectivity index (χ4v) is 6.49. The number of rotatable bonds is 24. The fourth-order valence-electron chi connectivity index (χ4n) is 6.49. The molecule has 4 rings (SSSR count). The minimum Gasteiger partial charge on any atom is -0.487 e. The number of hydrogen-bond acceptors (Lipinski definition) is 15. The number of carbonyl (C=O) groups is 4. The highest BCUT2D eigenvalue weighted by Gasteiger charge is 2.32. The molecule has 0 N–H and O–H groups in total. The Bertz CT molecular complexity index is 1730. The average Bonchev–Trinajstić information content (AvgIpc) is 3.24. The van der Waals surface area contributed by atoms with E-state index in [9.17, 15) is 19.2 Å². The van der Waals surface area contributed by atoms with E-state index in [0.29, 0.717) is 72.4 Å². The van der Waals surface area contributed by atoms with Crippen LogP contribution >= 0.6 is 0 Å². The van der Waals surface area contributed by atoms with Gasteiger partial charge in [-0.2, -0.15) is 0 Å². The van der Waals surface area contributed by atoms with Crippen LogP contribution in [0.5, 0.6) is 23.0 Å². The Labute approximate surface area is 397 Å². The molecule has 2 aliphatic carbocycles. The van der Waals surface area contributed by atoms with E-state index in [-0.39, 0.29) is 12.2 Å². The summed E-state index contributed by atoms with van der Waals surface area (Å²) in [7, 11) is 2.71. The van der Waals surface area contributed by atoms with Gasteiger partial charge >= 0.3 is 24.2 Å². The monoisotopic (exact) mass is 939 g/mol. The molecule has 0 unspecified atom stereocenters. The Hall–Kier alpha value is -5.80. The molecule has 2 aromatic rings. The molecule has 2 saturated carbocycles. The summed E-state index contributed by atoms with van der Waals surface area (Å²) in [5, 5.41) is 0. The molecule has 15 nitrogen and oxygen atoms in total. The van der Waals surface area contributed by atoms with Crippen LogP contribution < -0.4 is 18.9 Å². The number of methoxy groups -OCH3 is 2. The predicted molar refractivity (Wildman–Crippen MR) is 255 cm³/mol. The van der Waals surface area contributed by atoms with Crippen molar-refractivity contribution >= 4 is 24.2 Å². The highest BCUT2D eigenvalue weighted by molar-refractivity contribution is 5.90. The predicted octanol–water partition coefficient (Wildman–Crippen LogP) is 11.2. The third kappa shape index (κ3) is 24.0. The van der Waals surface area contributed by atoms with Gasteiger partial charge in [-0.1, -0.05) is 37.5 Å². The smallest absolute Gasteiger partial charge is 0.487 e. The standard InChI is InChI=1S/2C21H28O5.C10H18O5/c2*1-4-10-24-12-6-7-16-13-18(14-16)26-19-9-8-17(21(22)23-3)15-20(19)25-11-5-2;1-9(2,3)14-7(11)13-8(12)15-10(4,5)6/h2*4-5,8-9,15-16,18H,1-2,6-7,10-14H2,3H3;1-6H3. The van der Waals surface area contributed by atoms with E-state index in [1.165, 1.54) is 14.2 Å². The second-order valence-corrected chi connectivity index (χ2v) is 17.7. The summed E-state index contributed by atoms with van der Waals surface area (Å²) < 4.78 is 57.5. The van der Waals surface area contributed by atoms with Crippen LogP contribution in [0.25, 0.3) is 0 Å². The molecular formula is C52H74O15. The van der Waals surface area contributed by atoms with E-state index in [4.69, 9.17) is 47.4 Å². The molecule has 2 fully saturated rings. The Morgan fingerprint density at radius 2 is 0.910 bits per heavy atom. The highest BCUT2D eigenvalue weighted by Crippen LogP contribution is 2.39. The van der Waals surface area contributed by atoms with Gasteiger partial charge in [0.2, 0.25) is 0 Å². The van der Waals surface area contributed by atoms with Crippen molar-refractivity contribution in [3.05, 3.63) is 98.1 Å². The average molecular weight is 939 g/mol. The van der Waals surface area contributed by atoms with Gasteiger partial charge in [-0.05, 0) is 141 Å². The minimum atomic E-state index is -1.06. The fraction of sp³-hybridized carbons (Fsp3) is 0.538. The van der Waals surface area contributed by atoms with Gasteiger partial charge in [0.15, 0.2) is 23.0 Å². The molecule has 0 amide bonds. The zero-order valence-electron chi connectivity index (χ0n) is 40.9. The van der Waals surface area contributed by atoms with Crippen LogP contribution in [0.15, 0.2) is 87.0 Å². The largest absolute Gasteiger partial charge is 0.519 e. The van der Waals surface area contributed by atoms with E-state index in [1.807, 2.05) is 0 Å². The van der Waals surface area contributed by atoms with Gasteiger partial charge in [-0.3, -0.25) is 0 Å². The van der Waals surface area contributed by atoms with E-state index in [0.717, 1.165) is 64.6 Å². The van der Waals surface area contributed by atoms with Crippen molar-refractivity contribution in [1.29, 1.82) is 0 Å². The summed E-state index contributed by atoms with van der Waals surface area (Å²) >= 11 is 0. The molecule has 2 aliphatic rings. The lowest BCUT2D eigenvalue weighted by atomic mass is 9.79. The normalized spacial score (nSPS) is 17.0. The molecule has 0 heterocycles. The Balaban J connectivity index is 0.000000360. The maximum absolute atomic E-state index is 11.7. The Morgan fingerprint density at radius 3 is 1.22 bits per heavy atom. The van der Waals surface area contributed by atoms with Crippen LogP contribution in [0.3, 0.4) is 0 Å². The van der Waals surface area contributed by atoms with Crippen molar-refractivity contribution in [3.63, 3.8) is 0 Å². The molecule has 0 aliphatic heterocycles. The van der Waals surface area contributed by atoms with Gasteiger partial charge in [-0.15, -0.1) is 13.2 Å². The third-order valence-electron chi connectivity index (χ3n) is 9.63. The summed E-state index contributed by atoms with van der Waals surface area (Å²) in [6.07, 6.45) is 13.6. The lowest BCUT2D eigenvalue weighted by molar-refractivity contribution is -0.0294. The second-order valence-electron chi connectivity index (χ2n) is 17.7. The quantitative estimate of drug-likeness (QED) is 0.0320. The lowest BCUT2D eigenvalue weighted by Crippen LogP contribution is -2.34. The number of benzene rings is 2. The van der Waals surface area contributed by atoms with Crippen LogP contribution in [0.2, 0.25) is 0 Å². The van der Waals surface area contributed by atoms with Gasteiger partial charge in [-0.25, -0.2) is 19.2 Å². The molecule has 0 aromatic heterocycles. The molecule has 0 spiro atoms. The molecule has 0 bridgehead atoms. The van der Waals surface area contributed by atoms with Crippen molar-refractivity contribution < 1.29 is 71.3 Å². The zero-order chi connectivity index (χ0) is 49.8. The molecule has 0 radical (unpaired) electrons. The molecule has 0 saturated heterocycles. The van der Waals surface area contributed by atoms with E-state index in [2.05, 4.69) is 31.1 Å². The number of esters is 2. The topological polar surface area (TPSA) is 170 Å². The van der Waals surface area contributed by atoms with Crippen LogP contribution in [0.4, 0.5) is 9.59 Å². The first-order chi connectivity index (χ1) is 31.8. The van der Waals surface area contributed by atoms with Crippen molar-refractivity contribution in [2.24, 2.45) is 11.8 Å². The number of hydrogen-bond donors (Lipinski definition) is 0. The molecule has 372 valence electrons. The van der Waals surface area contributed by atoms with Gasteiger partial charge in [0, 0.05) is 13.2 Å². The Morgan fingerprint density at radius 1 is 0.552 bits per heavy atom. The van der Waals surface area contributed by atoms with Crippen LogP contribution in [-0.4, -0.2) is 102 Å². The van der Waals surface area contributed by atoms with Crippen molar-refractivity contribution in [3.8, 4) is 23.0 Å². The zero-order valence-corrected chi connectivity index (χ0v) is 40.9. The first-order valence-electron chi connectivity index (χ1n) is 22.6. The molecule has 0 atom stereocenters. The van der Waals surface area contributed by atoms with E-state index < -0.39 is 35.5 Å². The lowest BCUT2D eigenvalue weighted by Gasteiger charge is -2.35.